The van der Waals surface area contributed by atoms with Crippen LogP contribution >= 0.6 is 0 Å². The maximum absolute atomic E-state index is 12.8. The molecule has 0 aromatic carbocycles. The summed E-state index contributed by atoms with van der Waals surface area (Å²) in [6.45, 7) is 6.42. The SMILES string of the molecule is CC/C=C\C/C=C\C/C=C\C/C=C\CCC(=O)OC(COC(=O)CCCCCCC/C=C\CCCCC)COC(=O)CCCCCCCCCCCCC/C=C\C/C=C\CCCCCCC. The summed E-state index contributed by atoms with van der Waals surface area (Å²) in [5.41, 5.74) is 0. The van der Waals surface area contributed by atoms with Crippen LogP contribution in [0.5, 0.6) is 0 Å². The van der Waals surface area contributed by atoms with E-state index in [1.807, 2.05) is 12.2 Å². The van der Waals surface area contributed by atoms with Crippen LogP contribution < -0.4 is 0 Å². The number of hydrogen-bond donors (Lipinski definition) is 0. The highest BCUT2D eigenvalue weighted by Crippen LogP contribution is 2.14. The van der Waals surface area contributed by atoms with Crippen molar-refractivity contribution < 1.29 is 28.6 Å². The van der Waals surface area contributed by atoms with Crippen molar-refractivity contribution in [1.82, 2.24) is 0 Å². The number of hydrogen-bond acceptors (Lipinski definition) is 6. The summed E-state index contributed by atoms with van der Waals surface area (Å²) in [4.78, 5) is 38.0. The summed E-state index contributed by atoms with van der Waals surface area (Å²) in [5.74, 6) is -1.00. The molecule has 1 unspecified atom stereocenters. The predicted molar refractivity (Wildman–Crippen MR) is 284 cm³/mol. The fourth-order valence-electron chi connectivity index (χ4n) is 7.48. The number of allylic oxidation sites excluding steroid dienone is 14. The van der Waals surface area contributed by atoms with Gasteiger partial charge in [-0.1, -0.05) is 221 Å². The van der Waals surface area contributed by atoms with E-state index in [9.17, 15) is 14.4 Å². The highest BCUT2D eigenvalue weighted by molar-refractivity contribution is 5.71. The van der Waals surface area contributed by atoms with Gasteiger partial charge in [0.25, 0.3) is 0 Å². The maximum atomic E-state index is 12.8. The Morgan fingerprint density at radius 2 is 0.621 bits per heavy atom. The number of ether oxygens (including phenoxy) is 3. The van der Waals surface area contributed by atoms with Crippen LogP contribution in [0.4, 0.5) is 0 Å². The molecule has 0 aromatic rings. The number of unbranched alkanes of at least 4 members (excludes halogenated alkanes) is 24. The van der Waals surface area contributed by atoms with Gasteiger partial charge in [0.2, 0.25) is 0 Å². The molecule has 378 valence electrons. The van der Waals surface area contributed by atoms with Crippen molar-refractivity contribution in [3.05, 3.63) is 85.1 Å². The van der Waals surface area contributed by atoms with Gasteiger partial charge in [0, 0.05) is 19.3 Å². The third-order valence-corrected chi connectivity index (χ3v) is 11.6. The lowest BCUT2D eigenvalue weighted by molar-refractivity contribution is -0.166. The van der Waals surface area contributed by atoms with Crippen molar-refractivity contribution in [2.75, 3.05) is 13.2 Å². The molecule has 66 heavy (non-hydrogen) atoms. The van der Waals surface area contributed by atoms with E-state index in [2.05, 4.69) is 93.7 Å². The van der Waals surface area contributed by atoms with E-state index in [4.69, 9.17) is 14.2 Å². The van der Waals surface area contributed by atoms with Crippen LogP contribution in [0.15, 0.2) is 85.1 Å². The zero-order chi connectivity index (χ0) is 47.9. The maximum Gasteiger partial charge on any atom is 0.306 e. The molecule has 6 nitrogen and oxygen atoms in total. The van der Waals surface area contributed by atoms with Crippen molar-refractivity contribution >= 4 is 17.9 Å². The molecule has 0 amide bonds. The first kappa shape index (κ1) is 62.6. The van der Waals surface area contributed by atoms with Gasteiger partial charge in [-0.25, -0.2) is 0 Å². The summed E-state index contributed by atoms with van der Waals surface area (Å²) in [7, 11) is 0. The standard InChI is InChI=1S/C60H102O6/c1-4-7-10-13-16-19-22-25-26-27-28-29-30-31-32-33-34-36-38-41-44-47-50-53-59(62)65-56-57(55-64-58(61)52-49-46-43-40-37-24-21-18-15-12-9-6-3)66-60(63)54-51-48-45-42-39-35-23-20-17-14-11-8-5-2/h8,11,17-18,20-22,25,27-28,35,39,45,48,57H,4-7,9-10,12-16,19,23-24,26,29-34,36-38,40-44,46-47,49-56H2,1-3H3/b11-8-,20-17-,21-18-,25-22-,28-27-,39-35-,48-45-. The second-order valence-corrected chi connectivity index (χ2v) is 18.1. The molecular weight excluding hydrogens is 817 g/mol. The van der Waals surface area contributed by atoms with Crippen molar-refractivity contribution in [2.24, 2.45) is 0 Å². The number of carbonyl (C=O) groups excluding carboxylic acids is 3. The minimum Gasteiger partial charge on any atom is -0.462 e. The van der Waals surface area contributed by atoms with Gasteiger partial charge in [-0.3, -0.25) is 14.4 Å². The van der Waals surface area contributed by atoms with Gasteiger partial charge in [-0.15, -0.1) is 0 Å². The molecule has 0 aromatic heterocycles. The smallest absolute Gasteiger partial charge is 0.306 e. The van der Waals surface area contributed by atoms with Gasteiger partial charge in [0.1, 0.15) is 13.2 Å². The zero-order valence-electron chi connectivity index (χ0n) is 43.2. The van der Waals surface area contributed by atoms with E-state index in [1.165, 1.54) is 128 Å². The third-order valence-electron chi connectivity index (χ3n) is 11.6. The van der Waals surface area contributed by atoms with Crippen LogP contribution in [-0.2, 0) is 28.6 Å². The molecule has 0 spiro atoms. The second kappa shape index (κ2) is 54.2. The van der Waals surface area contributed by atoms with E-state index < -0.39 is 12.1 Å². The van der Waals surface area contributed by atoms with Crippen LogP contribution in [-0.4, -0.2) is 37.2 Å². The lowest BCUT2D eigenvalue weighted by Crippen LogP contribution is -2.30. The van der Waals surface area contributed by atoms with Crippen molar-refractivity contribution in [2.45, 2.75) is 264 Å². The van der Waals surface area contributed by atoms with Crippen LogP contribution in [0.3, 0.4) is 0 Å². The van der Waals surface area contributed by atoms with Crippen molar-refractivity contribution in [3.63, 3.8) is 0 Å². The molecule has 0 radical (unpaired) electrons. The number of rotatable bonds is 49. The van der Waals surface area contributed by atoms with E-state index in [0.717, 1.165) is 83.5 Å². The summed E-state index contributed by atoms with van der Waals surface area (Å²) in [6.07, 6.45) is 70.2. The minimum atomic E-state index is -0.818. The third kappa shape index (κ3) is 51.6. The lowest BCUT2D eigenvalue weighted by Gasteiger charge is -2.18. The summed E-state index contributed by atoms with van der Waals surface area (Å²) >= 11 is 0. The van der Waals surface area contributed by atoms with E-state index in [0.29, 0.717) is 19.3 Å². The Kier molecular flexibility index (Phi) is 51.4. The van der Waals surface area contributed by atoms with E-state index in [-0.39, 0.29) is 31.6 Å². The Balaban J connectivity index is 4.35. The lowest BCUT2D eigenvalue weighted by atomic mass is 10.0. The van der Waals surface area contributed by atoms with Crippen molar-refractivity contribution in [1.29, 1.82) is 0 Å². The normalized spacial score (nSPS) is 12.7. The summed E-state index contributed by atoms with van der Waals surface area (Å²) < 4.78 is 16.7. The molecule has 0 fully saturated rings. The largest absolute Gasteiger partial charge is 0.462 e. The molecule has 0 rings (SSSR count). The highest BCUT2D eigenvalue weighted by atomic mass is 16.6. The van der Waals surface area contributed by atoms with Gasteiger partial charge < -0.3 is 14.2 Å². The monoisotopic (exact) mass is 919 g/mol. The topological polar surface area (TPSA) is 78.9 Å². The first-order valence-electron chi connectivity index (χ1n) is 27.6. The molecule has 6 heteroatoms. The van der Waals surface area contributed by atoms with Crippen LogP contribution in [0, 0.1) is 0 Å². The highest BCUT2D eigenvalue weighted by Gasteiger charge is 2.19. The first-order valence-corrected chi connectivity index (χ1v) is 27.6. The quantitative estimate of drug-likeness (QED) is 0.0262. The average molecular weight is 919 g/mol. The number of esters is 3. The fraction of sp³-hybridized carbons (Fsp3) is 0.717. The van der Waals surface area contributed by atoms with Gasteiger partial charge >= 0.3 is 17.9 Å². The fourth-order valence-corrected chi connectivity index (χ4v) is 7.48. The molecule has 1 atom stereocenters. The predicted octanol–water partition coefficient (Wildman–Crippen LogP) is 18.4. The molecule has 0 N–H and O–H groups in total. The van der Waals surface area contributed by atoms with Gasteiger partial charge in [-0.2, -0.15) is 0 Å². The van der Waals surface area contributed by atoms with Gasteiger partial charge in [-0.05, 0) is 103 Å². The molecule has 0 bridgehead atoms. The average Bonchev–Trinajstić information content (AvgIpc) is 3.31. The Labute approximate surface area is 407 Å². The van der Waals surface area contributed by atoms with E-state index >= 15 is 0 Å². The second-order valence-electron chi connectivity index (χ2n) is 18.1. The van der Waals surface area contributed by atoms with E-state index in [1.54, 1.807) is 0 Å². The Morgan fingerprint density at radius 3 is 1.03 bits per heavy atom. The zero-order valence-corrected chi connectivity index (χ0v) is 43.2. The Morgan fingerprint density at radius 1 is 0.318 bits per heavy atom. The molecule has 0 heterocycles. The van der Waals surface area contributed by atoms with Crippen LogP contribution in [0.2, 0.25) is 0 Å². The molecule has 0 aliphatic heterocycles. The minimum absolute atomic E-state index is 0.109. The summed E-state index contributed by atoms with van der Waals surface area (Å²) in [6, 6.07) is 0. The Hall–Kier alpha value is -3.41. The Bertz CT molecular complexity index is 1290. The van der Waals surface area contributed by atoms with Crippen molar-refractivity contribution in [3.8, 4) is 0 Å². The van der Waals surface area contributed by atoms with Crippen LogP contribution in [0.25, 0.3) is 0 Å². The molecule has 0 saturated carbocycles. The number of carbonyl (C=O) groups is 3. The molecule has 0 aliphatic rings. The first-order chi connectivity index (χ1) is 32.5. The van der Waals surface area contributed by atoms with Gasteiger partial charge in [0.05, 0.1) is 0 Å². The summed E-state index contributed by atoms with van der Waals surface area (Å²) in [5, 5.41) is 0. The molecular formula is C60H102O6. The molecule has 0 saturated heterocycles. The van der Waals surface area contributed by atoms with Gasteiger partial charge in [0.15, 0.2) is 6.10 Å². The van der Waals surface area contributed by atoms with Crippen LogP contribution in [0.1, 0.15) is 258 Å². The molecule has 0 aliphatic carbocycles.